The number of phenolic OH excluding ortho intramolecular Hbond substituents is 3. The molecule has 1 aliphatic heterocycles. The van der Waals surface area contributed by atoms with Gasteiger partial charge in [0.05, 0.1) is 29.9 Å². The summed E-state index contributed by atoms with van der Waals surface area (Å²) < 4.78 is 10.7. The molecule has 0 aromatic heterocycles. The molecule has 8 nitrogen and oxygen atoms in total. The van der Waals surface area contributed by atoms with E-state index in [4.69, 9.17) is 9.47 Å². The van der Waals surface area contributed by atoms with E-state index in [0.717, 1.165) is 0 Å². The first-order valence-electron chi connectivity index (χ1n) is 9.56. The van der Waals surface area contributed by atoms with E-state index in [-0.39, 0.29) is 39.8 Å². The molecule has 1 fully saturated rings. The molecule has 0 saturated carbocycles. The van der Waals surface area contributed by atoms with Gasteiger partial charge in [-0.15, -0.1) is 0 Å². The molecule has 0 unspecified atom stereocenters. The second-order valence-corrected chi connectivity index (χ2v) is 7.77. The Morgan fingerprint density at radius 1 is 1.13 bits per heavy atom. The maximum absolute atomic E-state index is 13.2. The molecular weight excluding hydrogens is 392 g/mol. The number of phenols is 3. The van der Waals surface area contributed by atoms with Gasteiger partial charge in [-0.2, -0.15) is 0 Å². The van der Waals surface area contributed by atoms with Crippen molar-refractivity contribution in [2.24, 2.45) is 0 Å². The Kier molecular flexibility index (Phi) is 3.62. The lowest BCUT2D eigenvalue weighted by Crippen LogP contribution is -2.37. The molecule has 2 aliphatic carbocycles. The average molecular weight is 410 g/mol. The van der Waals surface area contributed by atoms with E-state index in [1.807, 2.05) is 6.92 Å². The molecule has 2 aromatic carbocycles. The van der Waals surface area contributed by atoms with Gasteiger partial charge in [0.2, 0.25) is 5.78 Å². The van der Waals surface area contributed by atoms with E-state index in [9.17, 15) is 29.7 Å². The number of rotatable bonds is 2. The zero-order valence-electron chi connectivity index (χ0n) is 16.2. The van der Waals surface area contributed by atoms with Gasteiger partial charge in [0.25, 0.3) is 0 Å². The Morgan fingerprint density at radius 3 is 2.50 bits per heavy atom. The van der Waals surface area contributed by atoms with Crippen LogP contribution in [0.4, 0.5) is 0 Å². The highest BCUT2D eigenvalue weighted by atomic mass is 16.6. The predicted molar refractivity (Wildman–Crippen MR) is 101 cm³/mol. The Morgan fingerprint density at radius 2 is 1.83 bits per heavy atom. The van der Waals surface area contributed by atoms with Crippen LogP contribution in [-0.2, 0) is 20.7 Å². The summed E-state index contributed by atoms with van der Waals surface area (Å²) in [6.07, 6.45) is 0.230. The van der Waals surface area contributed by atoms with Gasteiger partial charge in [-0.3, -0.25) is 14.4 Å². The number of methoxy groups -OCH3 is 1. The molecule has 0 radical (unpaired) electrons. The van der Waals surface area contributed by atoms with E-state index in [0.29, 0.717) is 6.42 Å². The third-order valence-electron chi connectivity index (χ3n) is 6.56. The van der Waals surface area contributed by atoms with E-state index in [2.05, 4.69) is 0 Å². The molecule has 8 heteroatoms. The van der Waals surface area contributed by atoms with Gasteiger partial charge in [-0.25, -0.2) is 0 Å². The van der Waals surface area contributed by atoms with Crippen LogP contribution in [0.1, 0.15) is 62.2 Å². The van der Waals surface area contributed by atoms with E-state index in [1.165, 1.54) is 25.3 Å². The van der Waals surface area contributed by atoms with Crippen molar-refractivity contribution in [3.63, 3.8) is 0 Å². The van der Waals surface area contributed by atoms with E-state index in [1.54, 1.807) is 0 Å². The topological polar surface area (TPSA) is 134 Å². The molecule has 0 bridgehead atoms. The molecular formula is C22H18O8. The second kappa shape index (κ2) is 5.82. The molecule has 3 atom stereocenters. The van der Waals surface area contributed by atoms with Gasteiger partial charge in [-0.1, -0.05) is 19.1 Å². The van der Waals surface area contributed by atoms with Crippen molar-refractivity contribution < 1.29 is 39.2 Å². The number of hydrogen-bond donors (Lipinski definition) is 3. The Balaban J connectivity index is 1.83. The molecule has 3 N–H and O–H groups in total. The SMILES string of the molecule is CC[C@]12O[C@H]1Cc1c(O)c3c(c(O)c1[C@H]2C(=O)OC)C(=O)c1cccc(O)c1C3=O. The smallest absolute Gasteiger partial charge is 0.316 e. The quantitative estimate of drug-likeness (QED) is 0.332. The minimum Gasteiger partial charge on any atom is -0.507 e. The highest BCUT2D eigenvalue weighted by molar-refractivity contribution is 6.31. The number of ether oxygens (including phenoxy) is 2. The Hall–Kier alpha value is -3.39. The normalized spacial score (nSPS) is 25.7. The molecule has 5 rings (SSSR count). The molecule has 30 heavy (non-hydrogen) atoms. The maximum Gasteiger partial charge on any atom is 0.316 e. The average Bonchev–Trinajstić information content (AvgIpc) is 3.46. The number of fused-ring (bicyclic) bond motifs is 4. The first-order chi connectivity index (χ1) is 14.3. The fraction of sp³-hybridized carbons (Fsp3) is 0.318. The van der Waals surface area contributed by atoms with Gasteiger partial charge in [-0.05, 0) is 12.5 Å². The van der Waals surface area contributed by atoms with Crippen LogP contribution >= 0.6 is 0 Å². The summed E-state index contributed by atoms with van der Waals surface area (Å²) in [7, 11) is 1.21. The lowest BCUT2D eigenvalue weighted by Gasteiger charge is -2.31. The van der Waals surface area contributed by atoms with Gasteiger partial charge in [0, 0.05) is 23.1 Å². The van der Waals surface area contributed by atoms with E-state index < -0.39 is 52.4 Å². The maximum atomic E-state index is 13.2. The summed E-state index contributed by atoms with van der Waals surface area (Å²) in [5.41, 5.74) is -1.73. The van der Waals surface area contributed by atoms with Crippen molar-refractivity contribution in [3.05, 3.63) is 51.6 Å². The molecule has 154 valence electrons. The van der Waals surface area contributed by atoms with Crippen LogP contribution in [-0.4, -0.2) is 51.7 Å². The number of ketones is 2. The monoisotopic (exact) mass is 410 g/mol. The summed E-state index contributed by atoms with van der Waals surface area (Å²) in [4.78, 5) is 39.0. The molecule has 3 aliphatic rings. The van der Waals surface area contributed by atoms with Crippen LogP contribution < -0.4 is 0 Å². The number of esters is 1. The largest absolute Gasteiger partial charge is 0.507 e. The van der Waals surface area contributed by atoms with Crippen LogP contribution in [0.5, 0.6) is 17.2 Å². The molecule has 1 heterocycles. The highest BCUT2D eigenvalue weighted by Gasteiger charge is 2.67. The Bertz CT molecular complexity index is 1180. The van der Waals surface area contributed by atoms with Crippen molar-refractivity contribution >= 4 is 17.5 Å². The van der Waals surface area contributed by atoms with Crippen molar-refractivity contribution in [2.45, 2.75) is 37.4 Å². The van der Waals surface area contributed by atoms with Crippen LogP contribution in [0.2, 0.25) is 0 Å². The zero-order valence-corrected chi connectivity index (χ0v) is 16.2. The van der Waals surface area contributed by atoms with Crippen LogP contribution in [0, 0.1) is 0 Å². The minimum atomic E-state index is -1.05. The fourth-order valence-corrected chi connectivity index (χ4v) is 5.06. The van der Waals surface area contributed by atoms with Crippen LogP contribution in [0.25, 0.3) is 0 Å². The first kappa shape index (κ1) is 18.6. The number of benzene rings is 2. The third-order valence-corrected chi connectivity index (χ3v) is 6.56. The summed E-state index contributed by atoms with van der Waals surface area (Å²) in [6, 6.07) is 4.04. The fourth-order valence-electron chi connectivity index (χ4n) is 5.06. The number of hydrogen-bond acceptors (Lipinski definition) is 8. The van der Waals surface area contributed by atoms with Crippen molar-refractivity contribution in [1.29, 1.82) is 0 Å². The molecule has 1 saturated heterocycles. The van der Waals surface area contributed by atoms with Crippen molar-refractivity contribution in [2.75, 3.05) is 7.11 Å². The van der Waals surface area contributed by atoms with Crippen LogP contribution in [0.3, 0.4) is 0 Å². The first-order valence-corrected chi connectivity index (χ1v) is 9.56. The molecule has 0 amide bonds. The summed E-state index contributed by atoms with van der Waals surface area (Å²) >= 11 is 0. The Labute approximate surface area is 170 Å². The van der Waals surface area contributed by atoms with E-state index >= 15 is 0 Å². The van der Waals surface area contributed by atoms with Gasteiger partial charge in [0.1, 0.15) is 28.8 Å². The van der Waals surface area contributed by atoms with Gasteiger partial charge in [0.15, 0.2) is 5.78 Å². The summed E-state index contributed by atoms with van der Waals surface area (Å²) in [6.45, 7) is 1.84. The van der Waals surface area contributed by atoms with Gasteiger partial charge >= 0.3 is 5.97 Å². The lowest BCUT2D eigenvalue weighted by molar-refractivity contribution is -0.144. The zero-order chi connectivity index (χ0) is 21.5. The molecule has 0 spiro atoms. The van der Waals surface area contributed by atoms with Crippen molar-refractivity contribution in [3.8, 4) is 17.2 Å². The second-order valence-electron chi connectivity index (χ2n) is 7.77. The number of carbonyl (C=O) groups is 3. The lowest BCUT2D eigenvalue weighted by atomic mass is 9.69. The van der Waals surface area contributed by atoms with Crippen LogP contribution in [0.15, 0.2) is 18.2 Å². The molecule has 2 aromatic rings. The number of aromatic hydroxyl groups is 3. The summed E-state index contributed by atoms with van der Waals surface area (Å²) in [5.74, 6) is -4.63. The number of carbonyl (C=O) groups excluding carboxylic acids is 3. The summed E-state index contributed by atoms with van der Waals surface area (Å²) in [5, 5.41) is 32.3. The van der Waals surface area contributed by atoms with Crippen molar-refractivity contribution in [1.82, 2.24) is 0 Å². The van der Waals surface area contributed by atoms with Gasteiger partial charge < -0.3 is 24.8 Å². The number of epoxide rings is 1. The minimum absolute atomic E-state index is 0.0541. The standard InChI is InChI=1S/C22H18O8/c1-3-22-11(30-22)7-9-13(16(22)21(28)29-2)20(27)14-15(18(9)25)19(26)12-8(17(14)24)5-4-6-10(12)23/h4-6,11,16,23,25,27H,3,7H2,1-2H3/t11-,16-,22-/m0/s1. The third kappa shape index (κ3) is 2.01. The highest BCUT2D eigenvalue weighted by Crippen LogP contribution is 2.61. The predicted octanol–water partition coefficient (Wildman–Crippen LogP) is 1.94.